The van der Waals surface area contributed by atoms with Crippen molar-refractivity contribution >= 4 is 17.8 Å². The minimum absolute atomic E-state index is 0.238. The molecule has 5 heteroatoms. The lowest BCUT2D eigenvalue weighted by Gasteiger charge is -2.11. The second-order valence-corrected chi connectivity index (χ2v) is 6.10. The molecule has 0 aliphatic carbocycles. The SMILES string of the molecule is CC=Cc1ccc(OCC(=O)OCC(=O)c2cc(C)ccc2C)c(OC)c1. The van der Waals surface area contributed by atoms with E-state index in [0.717, 1.165) is 16.7 Å². The molecular formula is C22H24O5. The molecule has 2 aromatic rings. The Hall–Kier alpha value is -3.08. The molecule has 0 saturated heterocycles. The van der Waals surface area contributed by atoms with Crippen LogP contribution in [0.5, 0.6) is 11.5 Å². The quantitative estimate of drug-likeness (QED) is 0.517. The summed E-state index contributed by atoms with van der Waals surface area (Å²) in [7, 11) is 1.53. The predicted molar refractivity (Wildman–Crippen MR) is 104 cm³/mol. The molecule has 0 heterocycles. The fraction of sp³-hybridized carbons (Fsp3) is 0.273. The maximum Gasteiger partial charge on any atom is 0.344 e. The molecule has 0 spiro atoms. The summed E-state index contributed by atoms with van der Waals surface area (Å²) < 4.78 is 15.8. The van der Waals surface area contributed by atoms with E-state index in [-0.39, 0.29) is 19.0 Å². The summed E-state index contributed by atoms with van der Waals surface area (Å²) in [6.07, 6.45) is 3.85. The molecule has 0 aliphatic heterocycles. The van der Waals surface area contributed by atoms with Crippen LogP contribution in [0.25, 0.3) is 6.08 Å². The minimum atomic E-state index is -0.617. The summed E-state index contributed by atoms with van der Waals surface area (Å²) in [6, 6.07) is 11.0. The zero-order valence-electron chi connectivity index (χ0n) is 16.1. The van der Waals surface area contributed by atoms with Gasteiger partial charge in [0.05, 0.1) is 7.11 Å². The number of benzene rings is 2. The van der Waals surface area contributed by atoms with Crippen molar-refractivity contribution in [1.29, 1.82) is 0 Å². The van der Waals surface area contributed by atoms with E-state index in [4.69, 9.17) is 14.2 Å². The highest BCUT2D eigenvalue weighted by Gasteiger charge is 2.14. The Bertz CT molecular complexity index is 852. The van der Waals surface area contributed by atoms with Gasteiger partial charge < -0.3 is 14.2 Å². The molecule has 0 radical (unpaired) electrons. The van der Waals surface area contributed by atoms with Gasteiger partial charge in [-0.05, 0) is 50.1 Å². The molecule has 2 rings (SSSR count). The highest BCUT2D eigenvalue weighted by molar-refractivity contribution is 5.99. The van der Waals surface area contributed by atoms with Gasteiger partial charge in [-0.2, -0.15) is 0 Å². The van der Waals surface area contributed by atoms with E-state index >= 15 is 0 Å². The summed E-state index contributed by atoms with van der Waals surface area (Å²) in [6.45, 7) is 5.06. The van der Waals surface area contributed by atoms with Gasteiger partial charge in [-0.25, -0.2) is 4.79 Å². The number of carbonyl (C=O) groups excluding carboxylic acids is 2. The highest BCUT2D eigenvalue weighted by Crippen LogP contribution is 2.28. The van der Waals surface area contributed by atoms with Crippen molar-refractivity contribution in [2.75, 3.05) is 20.3 Å². The van der Waals surface area contributed by atoms with Crippen molar-refractivity contribution in [3.63, 3.8) is 0 Å². The Morgan fingerprint density at radius 1 is 1.00 bits per heavy atom. The van der Waals surface area contributed by atoms with E-state index in [1.54, 1.807) is 12.1 Å². The summed E-state index contributed by atoms with van der Waals surface area (Å²) in [5.74, 6) is 0.0968. The zero-order valence-corrected chi connectivity index (χ0v) is 16.1. The van der Waals surface area contributed by atoms with Crippen LogP contribution in [0.1, 0.15) is 34.0 Å². The fourth-order valence-corrected chi connectivity index (χ4v) is 2.54. The summed E-state index contributed by atoms with van der Waals surface area (Å²) in [5.41, 5.74) is 3.35. The molecule has 5 nitrogen and oxygen atoms in total. The van der Waals surface area contributed by atoms with Crippen molar-refractivity contribution in [3.8, 4) is 11.5 Å². The van der Waals surface area contributed by atoms with Crippen molar-refractivity contribution in [2.24, 2.45) is 0 Å². The first-order valence-electron chi connectivity index (χ1n) is 8.64. The Labute approximate surface area is 159 Å². The van der Waals surface area contributed by atoms with Gasteiger partial charge in [-0.1, -0.05) is 35.9 Å². The molecule has 0 saturated carbocycles. The molecule has 0 aromatic heterocycles. The molecule has 0 bridgehead atoms. The Morgan fingerprint density at radius 3 is 2.48 bits per heavy atom. The van der Waals surface area contributed by atoms with E-state index < -0.39 is 5.97 Å². The number of rotatable bonds is 8. The second-order valence-electron chi connectivity index (χ2n) is 6.10. The lowest BCUT2D eigenvalue weighted by Crippen LogP contribution is -2.20. The number of aryl methyl sites for hydroxylation is 2. The normalized spacial score (nSPS) is 10.7. The Balaban J connectivity index is 1.91. The second kappa shape index (κ2) is 9.57. The van der Waals surface area contributed by atoms with Gasteiger partial charge in [-0.3, -0.25) is 4.79 Å². The molecule has 0 fully saturated rings. The van der Waals surface area contributed by atoms with Crippen LogP contribution in [0.2, 0.25) is 0 Å². The number of Topliss-reactive ketones (excluding diaryl/α,β-unsaturated/α-hetero) is 1. The van der Waals surface area contributed by atoms with E-state index in [1.165, 1.54) is 7.11 Å². The average Bonchev–Trinajstić information content (AvgIpc) is 2.67. The van der Waals surface area contributed by atoms with Crippen LogP contribution in [0.3, 0.4) is 0 Å². The third-order valence-electron chi connectivity index (χ3n) is 3.95. The van der Waals surface area contributed by atoms with Gasteiger partial charge in [0.2, 0.25) is 5.78 Å². The van der Waals surface area contributed by atoms with E-state index in [1.807, 2.05) is 57.2 Å². The summed E-state index contributed by atoms with van der Waals surface area (Å²) in [5, 5.41) is 0. The van der Waals surface area contributed by atoms with Crippen LogP contribution in [0.15, 0.2) is 42.5 Å². The standard InChI is InChI=1S/C22H24O5/c1-5-6-17-9-10-20(21(12-17)25-4)26-14-22(24)27-13-19(23)18-11-15(2)7-8-16(18)3/h5-12H,13-14H2,1-4H3. The molecule has 0 N–H and O–H groups in total. The largest absolute Gasteiger partial charge is 0.493 e. The van der Waals surface area contributed by atoms with E-state index in [2.05, 4.69) is 0 Å². The molecule has 0 amide bonds. The van der Waals surface area contributed by atoms with Crippen molar-refractivity contribution < 1.29 is 23.8 Å². The molecule has 142 valence electrons. The van der Waals surface area contributed by atoms with Crippen LogP contribution in [-0.2, 0) is 9.53 Å². The number of esters is 1. The maximum atomic E-state index is 12.3. The molecular weight excluding hydrogens is 344 g/mol. The van der Waals surface area contributed by atoms with Crippen LogP contribution < -0.4 is 9.47 Å². The third kappa shape index (κ3) is 5.71. The summed E-state index contributed by atoms with van der Waals surface area (Å²) in [4.78, 5) is 24.2. The molecule has 0 atom stereocenters. The zero-order chi connectivity index (χ0) is 19.8. The first-order chi connectivity index (χ1) is 12.9. The van der Waals surface area contributed by atoms with E-state index in [9.17, 15) is 9.59 Å². The monoisotopic (exact) mass is 368 g/mol. The van der Waals surface area contributed by atoms with Crippen molar-refractivity contribution in [3.05, 3.63) is 64.7 Å². The van der Waals surface area contributed by atoms with Crippen LogP contribution in [0.4, 0.5) is 0 Å². The highest BCUT2D eigenvalue weighted by atomic mass is 16.6. The number of ether oxygens (including phenoxy) is 3. The van der Waals surface area contributed by atoms with E-state index in [0.29, 0.717) is 17.1 Å². The topological polar surface area (TPSA) is 61.8 Å². The van der Waals surface area contributed by atoms with Crippen molar-refractivity contribution in [1.82, 2.24) is 0 Å². The Kier molecular flexibility index (Phi) is 7.17. The van der Waals surface area contributed by atoms with Gasteiger partial charge in [-0.15, -0.1) is 0 Å². The van der Waals surface area contributed by atoms with Crippen LogP contribution in [-0.4, -0.2) is 32.1 Å². The molecule has 2 aromatic carbocycles. The number of ketones is 1. The number of methoxy groups -OCH3 is 1. The molecule has 0 unspecified atom stereocenters. The third-order valence-corrected chi connectivity index (χ3v) is 3.95. The van der Waals surface area contributed by atoms with Gasteiger partial charge in [0.1, 0.15) is 0 Å². The van der Waals surface area contributed by atoms with Crippen molar-refractivity contribution in [2.45, 2.75) is 20.8 Å². The predicted octanol–water partition coefficient (Wildman–Crippen LogP) is 4.15. The maximum absolute atomic E-state index is 12.3. The number of carbonyl (C=O) groups is 2. The first kappa shape index (κ1) is 20.2. The number of allylic oxidation sites excluding steroid dienone is 1. The van der Waals surface area contributed by atoms with Gasteiger partial charge in [0.15, 0.2) is 24.7 Å². The lowest BCUT2D eigenvalue weighted by atomic mass is 10.0. The van der Waals surface area contributed by atoms with Crippen LogP contribution in [0, 0.1) is 13.8 Å². The van der Waals surface area contributed by atoms with Gasteiger partial charge in [0.25, 0.3) is 0 Å². The minimum Gasteiger partial charge on any atom is -0.493 e. The molecule has 0 aliphatic rings. The lowest BCUT2D eigenvalue weighted by molar-refractivity contribution is -0.144. The fourth-order valence-electron chi connectivity index (χ4n) is 2.54. The first-order valence-corrected chi connectivity index (χ1v) is 8.64. The number of hydrogen-bond acceptors (Lipinski definition) is 5. The van der Waals surface area contributed by atoms with Crippen LogP contribution >= 0.6 is 0 Å². The number of hydrogen-bond donors (Lipinski definition) is 0. The smallest absolute Gasteiger partial charge is 0.344 e. The Morgan fingerprint density at radius 2 is 1.78 bits per heavy atom. The van der Waals surface area contributed by atoms with Gasteiger partial charge in [0, 0.05) is 5.56 Å². The molecule has 27 heavy (non-hydrogen) atoms. The van der Waals surface area contributed by atoms with Gasteiger partial charge >= 0.3 is 5.97 Å². The average molecular weight is 368 g/mol. The summed E-state index contributed by atoms with van der Waals surface area (Å²) >= 11 is 0.